The first kappa shape index (κ1) is 24.9. The van der Waals surface area contributed by atoms with Gasteiger partial charge in [-0.05, 0) is 45.4 Å². The lowest BCUT2D eigenvalue weighted by Crippen LogP contribution is -2.38. The zero-order valence-electron chi connectivity index (χ0n) is 18.8. The van der Waals surface area contributed by atoms with E-state index in [0.29, 0.717) is 12.8 Å². The van der Waals surface area contributed by atoms with E-state index in [1.807, 2.05) is 13.8 Å². The smallest absolute Gasteiger partial charge is 0.344 e. The van der Waals surface area contributed by atoms with Gasteiger partial charge >= 0.3 is 23.9 Å². The van der Waals surface area contributed by atoms with Crippen LogP contribution < -0.4 is 0 Å². The summed E-state index contributed by atoms with van der Waals surface area (Å²) < 4.78 is 21.7. The Morgan fingerprint density at radius 3 is 2.45 bits per heavy atom. The summed E-state index contributed by atoms with van der Waals surface area (Å²) in [6, 6.07) is 0. The first-order chi connectivity index (χ1) is 14.7. The molecule has 0 amide bonds. The van der Waals surface area contributed by atoms with Crippen molar-refractivity contribution in [3.05, 3.63) is 12.2 Å². The van der Waals surface area contributed by atoms with Gasteiger partial charge in [-0.2, -0.15) is 0 Å². The SMILES string of the molecule is C=C(C)C(=O)OCC(=O)OC1CC(C(=O)OC2(CC)CCCC2)CC(=O)OC1CCC. The summed E-state index contributed by atoms with van der Waals surface area (Å²) in [7, 11) is 0. The molecule has 3 unspecified atom stereocenters. The Bertz CT molecular complexity index is 692. The molecule has 1 aliphatic carbocycles. The Hall–Kier alpha value is -2.38. The lowest BCUT2D eigenvalue weighted by atomic mass is 9.94. The van der Waals surface area contributed by atoms with Crippen LogP contribution in [0.4, 0.5) is 0 Å². The fourth-order valence-corrected chi connectivity index (χ4v) is 4.14. The highest BCUT2D eigenvalue weighted by atomic mass is 16.6. The number of carbonyl (C=O) groups is 4. The topological polar surface area (TPSA) is 105 Å². The van der Waals surface area contributed by atoms with E-state index in [1.165, 1.54) is 6.92 Å². The first-order valence-corrected chi connectivity index (χ1v) is 11.1. The Labute approximate surface area is 183 Å². The molecule has 0 N–H and O–H groups in total. The maximum Gasteiger partial charge on any atom is 0.344 e. The predicted molar refractivity (Wildman–Crippen MR) is 111 cm³/mol. The first-order valence-electron chi connectivity index (χ1n) is 11.1. The summed E-state index contributed by atoms with van der Waals surface area (Å²) in [6.07, 6.45) is 4.08. The van der Waals surface area contributed by atoms with Crippen LogP contribution in [0.3, 0.4) is 0 Å². The van der Waals surface area contributed by atoms with E-state index in [1.54, 1.807) is 0 Å². The zero-order chi connectivity index (χ0) is 23.0. The summed E-state index contributed by atoms with van der Waals surface area (Å²) in [5, 5.41) is 0. The van der Waals surface area contributed by atoms with Crippen LogP contribution in [0.1, 0.15) is 78.6 Å². The molecule has 0 bridgehead atoms. The monoisotopic (exact) mass is 438 g/mol. The van der Waals surface area contributed by atoms with Crippen molar-refractivity contribution < 1.29 is 38.1 Å². The van der Waals surface area contributed by atoms with Crippen molar-refractivity contribution in [3.8, 4) is 0 Å². The highest BCUT2D eigenvalue weighted by molar-refractivity contribution is 5.88. The van der Waals surface area contributed by atoms with Crippen molar-refractivity contribution in [2.75, 3.05) is 6.61 Å². The minimum atomic E-state index is -0.818. The second-order valence-corrected chi connectivity index (χ2v) is 8.50. The van der Waals surface area contributed by atoms with Gasteiger partial charge in [0.15, 0.2) is 6.61 Å². The van der Waals surface area contributed by atoms with Gasteiger partial charge in [-0.25, -0.2) is 9.59 Å². The van der Waals surface area contributed by atoms with Gasteiger partial charge < -0.3 is 18.9 Å². The van der Waals surface area contributed by atoms with Crippen LogP contribution in [0, 0.1) is 5.92 Å². The molecule has 0 radical (unpaired) electrons. The quantitative estimate of drug-likeness (QED) is 0.306. The molecule has 2 fully saturated rings. The van der Waals surface area contributed by atoms with Gasteiger partial charge in [0, 0.05) is 12.0 Å². The van der Waals surface area contributed by atoms with E-state index in [4.69, 9.17) is 18.9 Å². The number of cyclic esters (lactones) is 1. The molecule has 0 aromatic carbocycles. The molecule has 2 rings (SSSR count). The molecular formula is C23H34O8. The number of carbonyl (C=O) groups excluding carboxylic acids is 4. The molecule has 0 spiro atoms. The zero-order valence-corrected chi connectivity index (χ0v) is 18.8. The molecule has 31 heavy (non-hydrogen) atoms. The molecule has 0 aromatic heterocycles. The highest BCUT2D eigenvalue weighted by Crippen LogP contribution is 2.38. The van der Waals surface area contributed by atoms with Crippen molar-refractivity contribution >= 4 is 23.9 Å². The van der Waals surface area contributed by atoms with Crippen LogP contribution in [-0.2, 0) is 38.1 Å². The molecule has 174 valence electrons. The Morgan fingerprint density at radius 2 is 1.87 bits per heavy atom. The van der Waals surface area contributed by atoms with Crippen molar-refractivity contribution in [2.45, 2.75) is 96.4 Å². The third-order valence-electron chi connectivity index (χ3n) is 5.96. The maximum absolute atomic E-state index is 13.0. The molecule has 1 saturated heterocycles. The van der Waals surface area contributed by atoms with Crippen molar-refractivity contribution in [1.82, 2.24) is 0 Å². The second kappa shape index (κ2) is 11.3. The molecule has 0 aromatic rings. The lowest BCUT2D eigenvalue weighted by molar-refractivity contribution is -0.172. The number of ether oxygens (including phenoxy) is 4. The Kier molecular flexibility index (Phi) is 9.07. The normalized spacial score (nSPS) is 25.1. The van der Waals surface area contributed by atoms with Gasteiger partial charge in [-0.1, -0.05) is 26.8 Å². The van der Waals surface area contributed by atoms with Crippen LogP contribution >= 0.6 is 0 Å². The van der Waals surface area contributed by atoms with Gasteiger partial charge in [-0.15, -0.1) is 0 Å². The van der Waals surface area contributed by atoms with Crippen LogP contribution in [0.25, 0.3) is 0 Å². The van der Waals surface area contributed by atoms with Gasteiger partial charge in [0.2, 0.25) is 0 Å². The minimum absolute atomic E-state index is 0.114. The van der Waals surface area contributed by atoms with E-state index in [0.717, 1.165) is 32.1 Å². The minimum Gasteiger partial charge on any atom is -0.459 e. The number of hydrogen-bond donors (Lipinski definition) is 0. The van der Waals surface area contributed by atoms with Crippen molar-refractivity contribution in [2.24, 2.45) is 5.92 Å². The number of rotatable bonds is 9. The van der Waals surface area contributed by atoms with Crippen molar-refractivity contribution in [3.63, 3.8) is 0 Å². The van der Waals surface area contributed by atoms with Crippen LogP contribution in [0.5, 0.6) is 0 Å². The molecule has 8 nitrogen and oxygen atoms in total. The molecule has 1 saturated carbocycles. The average molecular weight is 439 g/mol. The van der Waals surface area contributed by atoms with Gasteiger partial charge in [0.05, 0.1) is 12.3 Å². The van der Waals surface area contributed by atoms with Crippen LogP contribution in [0.2, 0.25) is 0 Å². The average Bonchev–Trinajstić information content (AvgIpc) is 3.13. The Balaban J connectivity index is 2.08. The summed E-state index contributed by atoms with van der Waals surface area (Å²) in [5.74, 6) is -3.18. The maximum atomic E-state index is 13.0. The van der Waals surface area contributed by atoms with Gasteiger partial charge in [0.25, 0.3) is 0 Å². The summed E-state index contributed by atoms with van der Waals surface area (Å²) >= 11 is 0. The predicted octanol–water partition coefficient (Wildman–Crippen LogP) is 3.41. The molecule has 1 aliphatic heterocycles. The molecule has 8 heteroatoms. The summed E-state index contributed by atoms with van der Waals surface area (Å²) in [4.78, 5) is 49.1. The van der Waals surface area contributed by atoms with E-state index < -0.39 is 54.2 Å². The Morgan fingerprint density at radius 1 is 1.19 bits per heavy atom. The van der Waals surface area contributed by atoms with E-state index >= 15 is 0 Å². The van der Waals surface area contributed by atoms with E-state index in [2.05, 4.69) is 6.58 Å². The van der Waals surface area contributed by atoms with E-state index in [9.17, 15) is 19.2 Å². The molecule has 2 aliphatic rings. The highest BCUT2D eigenvalue weighted by Gasteiger charge is 2.42. The fourth-order valence-electron chi connectivity index (χ4n) is 4.14. The molecular weight excluding hydrogens is 404 g/mol. The van der Waals surface area contributed by atoms with Gasteiger partial charge in [-0.3, -0.25) is 9.59 Å². The fraction of sp³-hybridized carbons (Fsp3) is 0.739. The largest absolute Gasteiger partial charge is 0.459 e. The third-order valence-corrected chi connectivity index (χ3v) is 5.96. The van der Waals surface area contributed by atoms with Gasteiger partial charge in [0.1, 0.15) is 17.8 Å². The number of esters is 4. The van der Waals surface area contributed by atoms with Crippen molar-refractivity contribution in [1.29, 1.82) is 0 Å². The molecule has 1 heterocycles. The third kappa shape index (κ3) is 7.08. The molecule has 3 atom stereocenters. The summed E-state index contributed by atoms with van der Waals surface area (Å²) in [6.45, 7) is 8.26. The van der Waals surface area contributed by atoms with E-state index in [-0.39, 0.29) is 18.4 Å². The van der Waals surface area contributed by atoms with Crippen LogP contribution in [-0.4, -0.2) is 48.3 Å². The summed E-state index contributed by atoms with van der Waals surface area (Å²) in [5.41, 5.74) is -0.307. The lowest BCUT2D eigenvalue weighted by Gasteiger charge is -2.30. The number of hydrogen-bond acceptors (Lipinski definition) is 8. The van der Waals surface area contributed by atoms with Crippen LogP contribution in [0.15, 0.2) is 12.2 Å². The standard InChI is InChI=1S/C23H34O8/c1-5-9-17-18(30-20(25)14-28-21(26)15(3)4)12-16(13-19(24)29-17)22(27)31-23(6-2)10-7-8-11-23/h16-18H,3,5-14H2,1-2,4H3. The second-order valence-electron chi connectivity index (χ2n) is 8.50.